The zero-order valence-corrected chi connectivity index (χ0v) is 23.2. The van der Waals surface area contributed by atoms with E-state index in [2.05, 4.69) is 23.3 Å². The summed E-state index contributed by atoms with van der Waals surface area (Å²) in [7, 11) is 0. The molecule has 7 nitrogen and oxygen atoms in total. The number of hydrogen-bond donors (Lipinski definition) is 3. The minimum atomic E-state index is -0.971. The van der Waals surface area contributed by atoms with Crippen molar-refractivity contribution in [2.24, 2.45) is 0 Å². The second-order valence-corrected chi connectivity index (χ2v) is 10.6. The van der Waals surface area contributed by atoms with Gasteiger partial charge in [-0.2, -0.15) is 12.6 Å². The van der Waals surface area contributed by atoms with E-state index in [9.17, 15) is 14.4 Å². The van der Waals surface area contributed by atoms with Crippen LogP contribution in [0.15, 0.2) is 48.5 Å². The molecule has 0 saturated heterocycles. The maximum absolute atomic E-state index is 13.8. The Hall–Kier alpha value is -3.00. The second kappa shape index (κ2) is 12.8. The van der Waals surface area contributed by atoms with Crippen LogP contribution in [0.25, 0.3) is 0 Å². The number of alkyl carbamates (subject to hydrolysis) is 1. The highest BCUT2D eigenvalue weighted by Gasteiger charge is 2.37. The van der Waals surface area contributed by atoms with E-state index >= 15 is 0 Å². The van der Waals surface area contributed by atoms with Gasteiger partial charge in [0.05, 0.1) is 0 Å². The molecule has 2 aromatic carbocycles. The Morgan fingerprint density at radius 2 is 1.58 bits per heavy atom. The van der Waals surface area contributed by atoms with Gasteiger partial charge >= 0.3 is 6.09 Å². The fourth-order valence-corrected chi connectivity index (χ4v) is 4.23. The standard InChI is InChI=1S/C28H39N3O4S/c1-18(2)31(26(33)23(17-36)30-27(34)35-28(5,6)7)24(22-14-19(3)13-20(4)15-22)25(32)29-16-21-11-9-8-10-12-21/h8-15,18,23-24,36H,16-17H2,1-7H3,(H,29,32)(H,30,34). The van der Waals surface area contributed by atoms with Crippen LogP contribution in [-0.2, 0) is 20.9 Å². The molecule has 0 aliphatic heterocycles. The predicted molar refractivity (Wildman–Crippen MR) is 146 cm³/mol. The van der Waals surface area contributed by atoms with Crippen molar-refractivity contribution < 1.29 is 19.1 Å². The Kier molecular flexibility index (Phi) is 10.4. The van der Waals surface area contributed by atoms with Crippen molar-refractivity contribution in [3.05, 3.63) is 70.8 Å². The molecule has 0 saturated carbocycles. The molecule has 2 N–H and O–H groups in total. The fraction of sp³-hybridized carbons (Fsp3) is 0.464. The van der Waals surface area contributed by atoms with E-state index < -0.39 is 29.7 Å². The first-order valence-electron chi connectivity index (χ1n) is 12.1. The molecule has 8 heteroatoms. The first kappa shape index (κ1) is 29.2. The van der Waals surface area contributed by atoms with Gasteiger partial charge in [-0.15, -0.1) is 0 Å². The van der Waals surface area contributed by atoms with Gasteiger partial charge in [-0.05, 0) is 59.6 Å². The molecule has 36 heavy (non-hydrogen) atoms. The molecule has 0 heterocycles. The summed E-state index contributed by atoms with van der Waals surface area (Å²) in [4.78, 5) is 41.4. The normalized spacial score (nSPS) is 13.0. The number of rotatable bonds is 9. The molecule has 3 amide bonds. The zero-order valence-electron chi connectivity index (χ0n) is 22.3. The van der Waals surface area contributed by atoms with E-state index in [1.807, 2.05) is 76.2 Å². The number of ether oxygens (including phenoxy) is 1. The van der Waals surface area contributed by atoms with E-state index in [1.165, 1.54) is 4.90 Å². The minimum absolute atomic E-state index is 0.0481. The highest BCUT2D eigenvalue weighted by Crippen LogP contribution is 2.27. The van der Waals surface area contributed by atoms with Crippen LogP contribution >= 0.6 is 12.6 Å². The summed E-state index contributed by atoms with van der Waals surface area (Å²) in [6.45, 7) is 13.2. The lowest BCUT2D eigenvalue weighted by Gasteiger charge is -2.37. The molecular formula is C28H39N3O4S. The number of nitrogens with one attached hydrogen (secondary N) is 2. The van der Waals surface area contributed by atoms with Crippen LogP contribution in [0.2, 0.25) is 0 Å². The first-order valence-corrected chi connectivity index (χ1v) is 12.8. The van der Waals surface area contributed by atoms with E-state index in [0.717, 1.165) is 16.7 Å². The average molecular weight is 514 g/mol. The SMILES string of the molecule is Cc1cc(C)cc(C(C(=O)NCc2ccccc2)N(C(=O)C(CS)NC(=O)OC(C)(C)C)C(C)C)c1. The van der Waals surface area contributed by atoms with Crippen LogP contribution in [0.5, 0.6) is 0 Å². The average Bonchev–Trinajstić information content (AvgIpc) is 2.77. The van der Waals surface area contributed by atoms with Gasteiger partial charge in [-0.25, -0.2) is 4.79 Å². The van der Waals surface area contributed by atoms with Crippen molar-refractivity contribution in [1.29, 1.82) is 0 Å². The molecule has 0 bridgehead atoms. The highest BCUT2D eigenvalue weighted by molar-refractivity contribution is 7.80. The third-order valence-corrected chi connectivity index (χ3v) is 5.74. The van der Waals surface area contributed by atoms with Gasteiger partial charge in [0, 0.05) is 18.3 Å². The maximum atomic E-state index is 13.8. The molecule has 2 aromatic rings. The number of thiol groups is 1. The topological polar surface area (TPSA) is 87.7 Å². The van der Waals surface area contributed by atoms with Crippen LogP contribution in [0.4, 0.5) is 4.79 Å². The highest BCUT2D eigenvalue weighted by atomic mass is 32.1. The van der Waals surface area contributed by atoms with E-state index in [4.69, 9.17) is 4.74 Å². The summed E-state index contributed by atoms with van der Waals surface area (Å²) in [5.41, 5.74) is 2.91. The number of carbonyl (C=O) groups excluding carboxylic acids is 3. The molecule has 0 radical (unpaired) electrons. The van der Waals surface area contributed by atoms with E-state index in [1.54, 1.807) is 20.8 Å². The third kappa shape index (κ3) is 8.59. The van der Waals surface area contributed by atoms with Gasteiger partial charge in [0.1, 0.15) is 17.7 Å². The monoisotopic (exact) mass is 513 g/mol. The molecule has 0 aliphatic carbocycles. The first-order chi connectivity index (χ1) is 16.8. The molecule has 0 spiro atoms. The molecule has 2 rings (SSSR count). The molecule has 0 aliphatic rings. The van der Waals surface area contributed by atoms with Gasteiger partial charge in [0.15, 0.2) is 0 Å². The smallest absolute Gasteiger partial charge is 0.408 e. The third-order valence-electron chi connectivity index (χ3n) is 5.38. The van der Waals surface area contributed by atoms with Crippen LogP contribution in [0, 0.1) is 13.8 Å². The Bertz CT molecular complexity index is 1030. The summed E-state index contributed by atoms with van der Waals surface area (Å²) in [6.07, 6.45) is -0.713. The van der Waals surface area contributed by atoms with Gasteiger partial charge in [-0.3, -0.25) is 9.59 Å². The molecular weight excluding hydrogens is 474 g/mol. The van der Waals surface area contributed by atoms with Crippen LogP contribution in [-0.4, -0.2) is 46.2 Å². The maximum Gasteiger partial charge on any atom is 0.408 e. The van der Waals surface area contributed by atoms with Gasteiger partial charge in [0.25, 0.3) is 0 Å². The Labute approximate surface area is 220 Å². The Balaban J connectivity index is 2.43. The number of hydrogen-bond acceptors (Lipinski definition) is 5. The fourth-order valence-electron chi connectivity index (χ4n) is 3.98. The van der Waals surface area contributed by atoms with Crippen molar-refractivity contribution in [2.45, 2.75) is 78.7 Å². The summed E-state index contributed by atoms with van der Waals surface area (Å²) in [6, 6.07) is 13.2. The van der Waals surface area contributed by atoms with Gasteiger partial charge < -0.3 is 20.3 Å². The van der Waals surface area contributed by atoms with Crippen molar-refractivity contribution in [2.75, 3.05) is 5.75 Å². The lowest BCUT2D eigenvalue weighted by atomic mass is 9.97. The lowest BCUT2D eigenvalue weighted by Crippen LogP contribution is -2.55. The molecule has 2 atom stereocenters. The summed E-state index contributed by atoms with van der Waals surface area (Å²) >= 11 is 4.31. The lowest BCUT2D eigenvalue weighted by molar-refractivity contribution is -0.144. The quantitative estimate of drug-likeness (QED) is 0.424. The Morgan fingerprint density at radius 3 is 2.08 bits per heavy atom. The molecule has 0 aromatic heterocycles. The minimum Gasteiger partial charge on any atom is -0.444 e. The molecule has 2 unspecified atom stereocenters. The summed E-state index contributed by atoms with van der Waals surface area (Å²) < 4.78 is 5.34. The van der Waals surface area contributed by atoms with Crippen LogP contribution in [0.1, 0.15) is 62.9 Å². The molecule has 0 fully saturated rings. The summed E-state index contributed by atoms with van der Waals surface area (Å²) in [5.74, 6) is -0.669. The number of benzene rings is 2. The number of amides is 3. The van der Waals surface area contributed by atoms with Crippen molar-refractivity contribution in [3.63, 3.8) is 0 Å². The van der Waals surface area contributed by atoms with Crippen LogP contribution < -0.4 is 10.6 Å². The van der Waals surface area contributed by atoms with Crippen molar-refractivity contribution in [3.8, 4) is 0 Å². The second-order valence-electron chi connectivity index (χ2n) is 10.2. The van der Waals surface area contributed by atoms with E-state index in [-0.39, 0.29) is 17.7 Å². The predicted octanol–water partition coefficient (Wildman–Crippen LogP) is 4.72. The summed E-state index contributed by atoms with van der Waals surface area (Å²) in [5, 5.41) is 5.62. The number of aryl methyl sites for hydroxylation is 2. The largest absolute Gasteiger partial charge is 0.444 e. The number of nitrogens with zero attached hydrogens (tertiary/aromatic N) is 1. The van der Waals surface area contributed by atoms with Crippen molar-refractivity contribution in [1.82, 2.24) is 15.5 Å². The zero-order chi connectivity index (χ0) is 27.0. The van der Waals surface area contributed by atoms with Crippen LogP contribution in [0.3, 0.4) is 0 Å². The van der Waals surface area contributed by atoms with Crippen molar-refractivity contribution >= 4 is 30.5 Å². The Morgan fingerprint density at radius 1 is 1.00 bits per heavy atom. The molecule has 196 valence electrons. The van der Waals surface area contributed by atoms with E-state index in [0.29, 0.717) is 12.1 Å². The number of carbonyl (C=O) groups is 3. The van der Waals surface area contributed by atoms with Gasteiger partial charge in [0.2, 0.25) is 11.8 Å². The van der Waals surface area contributed by atoms with Gasteiger partial charge in [-0.1, -0.05) is 59.7 Å².